The summed E-state index contributed by atoms with van der Waals surface area (Å²) in [5.41, 5.74) is 7.00. The molecule has 17 heavy (non-hydrogen) atoms. The lowest BCUT2D eigenvalue weighted by molar-refractivity contribution is 0.627. The van der Waals surface area contributed by atoms with E-state index < -0.39 is 0 Å². The highest BCUT2D eigenvalue weighted by Crippen LogP contribution is 2.21. The van der Waals surface area contributed by atoms with Crippen LogP contribution in [-0.4, -0.2) is 4.98 Å². The molecule has 0 aliphatic heterocycles. The highest BCUT2D eigenvalue weighted by atomic mass is 35.5. The summed E-state index contributed by atoms with van der Waals surface area (Å²) in [5, 5.41) is 3.52. The number of pyridine rings is 1. The Morgan fingerprint density at radius 1 is 1.29 bits per heavy atom. The average molecular weight is 252 g/mol. The lowest BCUT2D eigenvalue weighted by Gasteiger charge is -2.07. The van der Waals surface area contributed by atoms with Gasteiger partial charge in [-0.25, -0.2) is 9.37 Å². The molecule has 0 atom stereocenters. The molecule has 0 aliphatic rings. The van der Waals surface area contributed by atoms with Gasteiger partial charge < -0.3 is 11.1 Å². The van der Waals surface area contributed by atoms with Crippen molar-refractivity contribution in [3.8, 4) is 0 Å². The van der Waals surface area contributed by atoms with Crippen LogP contribution >= 0.6 is 11.6 Å². The van der Waals surface area contributed by atoms with Crippen LogP contribution in [0.3, 0.4) is 0 Å². The first-order valence-electron chi connectivity index (χ1n) is 5.04. The summed E-state index contributed by atoms with van der Waals surface area (Å²) in [7, 11) is 0. The molecule has 1 aromatic heterocycles. The fourth-order valence-electron chi connectivity index (χ4n) is 1.37. The number of hydrogen-bond acceptors (Lipinski definition) is 3. The van der Waals surface area contributed by atoms with Gasteiger partial charge >= 0.3 is 0 Å². The van der Waals surface area contributed by atoms with Gasteiger partial charge in [0, 0.05) is 6.54 Å². The number of rotatable bonds is 3. The van der Waals surface area contributed by atoms with Crippen molar-refractivity contribution in [1.29, 1.82) is 0 Å². The molecule has 0 aliphatic carbocycles. The Balaban J connectivity index is 2.04. The van der Waals surface area contributed by atoms with Gasteiger partial charge in [0.25, 0.3) is 0 Å². The molecule has 0 radical (unpaired) electrons. The van der Waals surface area contributed by atoms with Gasteiger partial charge in [0.1, 0.15) is 11.6 Å². The highest BCUT2D eigenvalue weighted by molar-refractivity contribution is 6.33. The molecule has 0 saturated carbocycles. The maximum absolute atomic E-state index is 12.7. The Hall–Kier alpha value is -1.81. The predicted molar refractivity (Wildman–Crippen MR) is 67.4 cm³/mol. The van der Waals surface area contributed by atoms with E-state index in [1.54, 1.807) is 18.2 Å². The van der Waals surface area contributed by atoms with Crippen molar-refractivity contribution in [3.63, 3.8) is 0 Å². The molecule has 2 rings (SSSR count). The van der Waals surface area contributed by atoms with Crippen molar-refractivity contribution in [1.82, 2.24) is 4.98 Å². The fraction of sp³-hybridized carbons (Fsp3) is 0.0833. The molecule has 1 aromatic carbocycles. The van der Waals surface area contributed by atoms with Crippen LogP contribution in [-0.2, 0) is 6.54 Å². The Labute approximate surface area is 103 Å². The molecule has 3 N–H and O–H groups in total. The minimum Gasteiger partial charge on any atom is -0.397 e. The molecule has 1 heterocycles. The molecule has 3 nitrogen and oxygen atoms in total. The second-order valence-electron chi connectivity index (χ2n) is 3.58. The first-order chi connectivity index (χ1) is 8.15. The van der Waals surface area contributed by atoms with Gasteiger partial charge in [-0.15, -0.1) is 0 Å². The number of nitrogens with one attached hydrogen (secondary N) is 1. The average Bonchev–Trinajstić information content (AvgIpc) is 2.30. The second-order valence-corrected chi connectivity index (χ2v) is 3.99. The lowest BCUT2D eigenvalue weighted by atomic mass is 10.2. The van der Waals surface area contributed by atoms with Crippen LogP contribution in [0.2, 0.25) is 5.02 Å². The number of nitrogen functional groups attached to an aromatic ring is 1. The number of nitrogens with zero attached hydrogens (tertiary/aromatic N) is 1. The molecule has 2 aromatic rings. The van der Waals surface area contributed by atoms with Crippen molar-refractivity contribution in [2.24, 2.45) is 0 Å². The zero-order valence-electron chi connectivity index (χ0n) is 8.95. The second kappa shape index (κ2) is 5.01. The summed E-state index contributed by atoms with van der Waals surface area (Å²) in [4.78, 5) is 4.07. The molecule has 0 bridgehead atoms. The standard InChI is InChI=1S/C12H11ClFN3/c13-11-5-10(15)7-17-12(11)16-6-8-1-3-9(14)4-2-8/h1-5,7H,6,15H2,(H,16,17). The predicted octanol–water partition coefficient (Wildman–Crippen LogP) is 3.07. The van der Waals surface area contributed by atoms with E-state index in [1.807, 2.05) is 0 Å². The third-order valence-electron chi connectivity index (χ3n) is 2.24. The third kappa shape index (κ3) is 3.07. The largest absolute Gasteiger partial charge is 0.397 e. The Morgan fingerprint density at radius 3 is 2.65 bits per heavy atom. The quantitative estimate of drug-likeness (QED) is 0.882. The van der Waals surface area contributed by atoms with E-state index in [0.29, 0.717) is 23.1 Å². The molecule has 0 saturated heterocycles. The molecule has 88 valence electrons. The van der Waals surface area contributed by atoms with Gasteiger partial charge in [0.05, 0.1) is 16.9 Å². The van der Waals surface area contributed by atoms with Crippen LogP contribution < -0.4 is 11.1 Å². The molecular weight excluding hydrogens is 241 g/mol. The van der Waals surface area contributed by atoms with Crippen LogP contribution in [0.5, 0.6) is 0 Å². The van der Waals surface area contributed by atoms with Crippen LogP contribution in [0.25, 0.3) is 0 Å². The van der Waals surface area contributed by atoms with E-state index in [9.17, 15) is 4.39 Å². The monoisotopic (exact) mass is 251 g/mol. The van der Waals surface area contributed by atoms with Gasteiger partial charge in [-0.3, -0.25) is 0 Å². The third-order valence-corrected chi connectivity index (χ3v) is 2.52. The Kier molecular flexibility index (Phi) is 3.44. The summed E-state index contributed by atoms with van der Waals surface area (Å²) in [6.07, 6.45) is 1.53. The van der Waals surface area contributed by atoms with E-state index in [4.69, 9.17) is 17.3 Å². The van der Waals surface area contributed by atoms with Crippen molar-refractivity contribution >= 4 is 23.1 Å². The van der Waals surface area contributed by atoms with E-state index in [0.717, 1.165) is 5.56 Å². The molecule has 0 fully saturated rings. The number of hydrogen-bond donors (Lipinski definition) is 2. The van der Waals surface area contributed by atoms with Crippen molar-refractivity contribution < 1.29 is 4.39 Å². The lowest BCUT2D eigenvalue weighted by Crippen LogP contribution is -2.02. The normalized spacial score (nSPS) is 10.2. The number of aromatic nitrogens is 1. The minimum atomic E-state index is -0.252. The molecule has 5 heteroatoms. The van der Waals surface area contributed by atoms with E-state index in [2.05, 4.69) is 10.3 Å². The van der Waals surface area contributed by atoms with Crippen molar-refractivity contribution in [2.45, 2.75) is 6.54 Å². The van der Waals surface area contributed by atoms with E-state index in [1.165, 1.54) is 18.3 Å². The van der Waals surface area contributed by atoms with Crippen LogP contribution in [0.15, 0.2) is 36.5 Å². The van der Waals surface area contributed by atoms with Crippen molar-refractivity contribution in [2.75, 3.05) is 11.1 Å². The van der Waals surface area contributed by atoms with E-state index in [-0.39, 0.29) is 5.82 Å². The Morgan fingerprint density at radius 2 is 2.00 bits per heavy atom. The van der Waals surface area contributed by atoms with Gasteiger partial charge in [-0.1, -0.05) is 23.7 Å². The van der Waals surface area contributed by atoms with Gasteiger partial charge in [-0.2, -0.15) is 0 Å². The SMILES string of the molecule is Nc1cnc(NCc2ccc(F)cc2)c(Cl)c1. The number of nitrogens with two attached hydrogens (primary N) is 1. The molecule has 0 spiro atoms. The summed E-state index contributed by atoms with van der Waals surface area (Å²) in [5.74, 6) is 0.308. The number of benzene rings is 1. The first-order valence-corrected chi connectivity index (χ1v) is 5.42. The highest BCUT2D eigenvalue weighted by Gasteiger charge is 2.02. The smallest absolute Gasteiger partial charge is 0.145 e. The maximum atomic E-state index is 12.7. The molecule has 0 unspecified atom stereocenters. The number of halogens is 2. The topological polar surface area (TPSA) is 50.9 Å². The zero-order chi connectivity index (χ0) is 12.3. The van der Waals surface area contributed by atoms with E-state index >= 15 is 0 Å². The summed E-state index contributed by atoms with van der Waals surface area (Å²) in [6, 6.07) is 7.85. The van der Waals surface area contributed by atoms with Gasteiger partial charge in [0.15, 0.2) is 0 Å². The maximum Gasteiger partial charge on any atom is 0.145 e. The fourth-order valence-corrected chi connectivity index (χ4v) is 1.61. The molecular formula is C12H11ClFN3. The summed E-state index contributed by atoms with van der Waals surface area (Å²) >= 11 is 5.96. The summed E-state index contributed by atoms with van der Waals surface area (Å²) in [6.45, 7) is 0.525. The van der Waals surface area contributed by atoms with Crippen LogP contribution in [0.1, 0.15) is 5.56 Å². The van der Waals surface area contributed by atoms with Crippen molar-refractivity contribution in [3.05, 3.63) is 52.9 Å². The van der Waals surface area contributed by atoms with Gasteiger partial charge in [0.2, 0.25) is 0 Å². The Bertz CT molecular complexity index is 514. The minimum absolute atomic E-state index is 0.252. The zero-order valence-corrected chi connectivity index (χ0v) is 9.71. The molecule has 0 amide bonds. The van der Waals surface area contributed by atoms with Crippen LogP contribution in [0, 0.1) is 5.82 Å². The number of anilines is 2. The van der Waals surface area contributed by atoms with Crippen LogP contribution in [0.4, 0.5) is 15.9 Å². The first kappa shape index (κ1) is 11.7. The van der Waals surface area contributed by atoms with Gasteiger partial charge in [-0.05, 0) is 23.8 Å². The summed E-state index contributed by atoms with van der Waals surface area (Å²) < 4.78 is 12.7.